The molecule has 0 aliphatic heterocycles. The molecule has 1 aromatic heterocycles. The smallest absolute Gasteiger partial charge is 0.154 e. The molecule has 0 bridgehead atoms. The summed E-state index contributed by atoms with van der Waals surface area (Å²) in [7, 11) is 0. The molecule has 19 heavy (non-hydrogen) atoms. The van der Waals surface area contributed by atoms with Crippen molar-refractivity contribution in [2.24, 2.45) is 5.92 Å². The van der Waals surface area contributed by atoms with E-state index in [4.69, 9.17) is 0 Å². The molecule has 0 unspecified atom stereocenters. The summed E-state index contributed by atoms with van der Waals surface area (Å²) in [4.78, 5) is 5.31. The highest BCUT2D eigenvalue weighted by Gasteiger charge is 2.08. The minimum Gasteiger partial charge on any atom is -0.312 e. The molecule has 0 radical (unpaired) electrons. The van der Waals surface area contributed by atoms with Crippen LogP contribution < -0.4 is 5.32 Å². The molecular weight excluding hydrogens is 279 g/mol. The van der Waals surface area contributed by atoms with E-state index in [-0.39, 0.29) is 5.82 Å². The molecule has 0 fully saturated rings. The minimum atomic E-state index is -0.190. The van der Waals surface area contributed by atoms with Crippen molar-refractivity contribution in [1.29, 1.82) is 0 Å². The van der Waals surface area contributed by atoms with Gasteiger partial charge in [-0.05, 0) is 36.2 Å². The van der Waals surface area contributed by atoms with E-state index in [1.165, 1.54) is 6.07 Å². The molecule has 0 atom stereocenters. The summed E-state index contributed by atoms with van der Waals surface area (Å²) in [6, 6.07) is 4.93. The predicted octanol–water partition coefficient (Wildman–Crippen LogP) is 4.18. The Kier molecular flexibility index (Phi) is 5.36. The lowest BCUT2D eigenvalue weighted by molar-refractivity contribution is 0.547. The second-order valence-corrected chi connectivity index (χ2v) is 6.86. The molecule has 0 saturated heterocycles. The Labute approximate surface area is 121 Å². The van der Waals surface area contributed by atoms with Crippen molar-refractivity contribution < 1.29 is 4.39 Å². The van der Waals surface area contributed by atoms with Crippen molar-refractivity contribution >= 4 is 23.1 Å². The van der Waals surface area contributed by atoms with Gasteiger partial charge in [0.25, 0.3) is 0 Å². The summed E-state index contributed by atoms with van der Waals surface area (Å²) < 4.78 is 14.3. The van der Waals surface area contributed by atoms with Gasteiger partial charge >= 0.3 is 0 Å². The van der Waals surface area contributed by atoms with Crippen LogP contribution in [0.3, 0.4) is 0 Å². The number of hydrogen-bond donors (Lipinski definition) is 1. The molecule has 1 N–H and O–H groups in total. The first-order chi connectivity index (χ1) is 9.15. The van der Waals surface area contributed by atoms with E-state index in [2.05, 4.69) is 24.1 Å². The molecule has 1 heterocycles. The lowest BCUT2D eigenvalue weighted by atomic mass is 10.2. The standard InChI is InChI=1S/C14H17FN2S2/c1-10(2)8-16-9-11-7-12(15)3-4-13(11)19-14-17-5-6-18-14/h3-7,10,16H,8-9H2,1-2H3. The molecule has 0 spiro atoms. The Morgan fingerprint density at radius 1 is 1.42 bits per heavy atom. The van der Waals surface area contributed by atoms with E-state index >= 15 is 0 Å². The van der Waals surface area contributed by atoms with E-state index in [0.29, 0.717) is 12.5 Å². The number of nitrogens with zero attached hydrogens (tertiary/aromatic N) is 1. The van der Waals surface area contributed by atoms with Crippen molar-refractivity contribution in [2.75, 3.05) is 6.54 Å². The maximum atomic E-state index is 13.4. The normalized spacial score (nSPS) is 11.2. The summed E-state index contributed by atoms with van der Waals surface area (Å²) in [5.41, 5.74) is 0.987. The van der Waals surface area contributed by atoms with Gasteiger partial charge in [0.1, 0.15) is 5.82 Å². The molecule has 1 aromatic carbocycles. The van der Waals surface area contributed by atoms with Crippen LogP contribution in [0.5, 0.6) is 0 Å². The molecule has 2 rings (SSSR count). The van der Waals surface area contributed by atoms with Gasteiger partial charge in [-0.15, -0.1) is 11.3 Å². The SMILES string of the molecule is CC(C)CNCc1cc(F)ccc1Sc1nccs1. The molecule has 0 saturated carbocycles. The lowest BCUT2D eigenvalue weighted by Crippen LogP contribution is -2.19. The van der Waals surface area contributed by atoms with Crippen molar-refractivity contribution in [1.82, 2.24) is 10.3 Å². The van der Waals surface area contributed by atoms with Crippen molar-refractivity contribution in [3.8, 4) is 0 Å². The highest BCUT2D eigenvalue weighted by molar-refractivity contribution is 8.01. The topological polar surface area (TPSA) is 24.9 Å². The molecule has 2 aromatic rings. The van der Waals surface area contributed by atoms with Crippen LogP contribution in [0.15, 0.2) is 39.0 Å². The van der Waals surface area contributed by atoms with Crippen LogP contribution in [0, 0.1) is 11.7 Å². The van der Waals surface area contributed by atoms with Crippen molar-refractivity contribution in [3.05, 3.63) is 41.2 Å². The quantitative estimate of drug-likeness (QED) is 0.865. The van der Waals surface area contributed by atoms with Crippen LogP contribution in [0.2, 0.25) is 0 Å². The van der Waals surface area contributed by atoms with Crippen LogP contribution >= 0.6 is 23.1 Å². The van der Waals surface area contributed by atoms with Gasteiger partial charge in [-0.2, -0.15) is 0 Å². The molecular formula is C14H17FN2S2. The largest absolute Gasteiger partial charge is 0.312 e. The number of benzene rings is 1. The number of thiazole rings is 1. The molecule has 0 aliphatic carbocycles. The van der Waals surface area contributed by atoms with Crippen LogP contribution in [0.1, 0.15) is 19.4 Å². The maximum Gasteiger partial charge on any atom is 0.154 e. The minimum absolute atomic E-state index is 0.190. The molecule has 0 aliphatic rings. The Morgan fingerprint density at radius 2 is 2.26 bits per heavy atom. The predicted molar refractivity (Wildman–Crippen MR) is 79.2 cm³/mol. The third-order valence-corrected chi connectivity index (χ3v) is 4.50. The zero-order chi connectivity index (χ0) is 13.7. The van der Waals surface area contributed by atoms with Crippen molar-refractivity contribution in [3.63, 3.8) is 0 Å². The van der Waals surface area contributed by atoms with Gasteiger partial charge in [-0.3, -0.25) is 0 Å². The third-order valence-electron chi connectivity index (χ3n) is 2.50. The second kappa shape index (κ2) is 7.03. The van der Waals surface area contributed by atoms with Crippen molar-refractivity contribution in [2.45, 2.75) is 29.6 Å². The first-order valence-electron chi connectivity index (χ1n) is 6.21. The molecule has 2 nitrogen and oxygen atoms in total. The van der Waals surface area contributed by atoms with E-state index in [9.17, 15) is 4.39 Å². The first kappa shape index (κ1) is 14.5. The van der Waals surface area contributed by atoms with Gasteiger partial charge in [0.05, 0.1) is 0 Å². The fraction of sp³-hybridized carbons (Fsp3) is 0.357. The Balaban J connectivity index is 2.08. The Bertz CT molecular complexity index is 512. The Hall–Kier alpha value is -0.910. The zero-order valence-electron chi connectivity index (χ0n) is 11.0. The number of halogens is 1. The van der Waals surface area contributed by atoms with Gasteiger partial charge in [0.2, 0.25) is 0 Å². The van der Waals surface area contributed by atoms with E-state index < -0.39 is 0 Å². The van der Waals surface area contributed by atoms with Gasteiger partial charge in [0.15, 0.2) is 4.34 Å². The van der Waals surface area contributed by atoms with Gasteiger partial charge in [0, 0.05) is 23.0 Å². The summed E-state index contributed by atoms with van der Waals surface area (Å²) in [6.45, 7) is 5.93. The third kappa shape index (κ3) is 4.60. The highest BCUT2D eigenvalue weighted by atomic mass is 32.2. The van der Waals surface area contributed by atoms with Gasteiger partial charge < -0.3 is 5.32 Å². The molecule has 0 amide bonds. The van der Waals surface area contributed by atoms with Crippen LogP contribution in [0.25, 0.3) is 0 Å². The highest BCUT2D eigenvalue weighted by Crippen LogP contribution is 2.32. The first-order valence-corrected chi connectivity index (χ1v) is 7.91. The van der Waals surface area contributed by atoms with E-state index in [1.54, 1.807) is 35.4 Å². The summed E-state index contributed by atoms with van der Waals surface area (Å²) in [6.07, 6.45) is 1.78. The van der Waals surface area contributed by atoms with Crippen LogP contribution in [0.4, 0.5) is 4.39 Å². The van der Waals surface area contributed by atoms with Gasteiger partial charge in [-0.1, -0.05) is 25.6 Å². The number of nitrogens with one attached hydrogen (secondary N) is 1. The fourth-order valence-corrected chi connectivity index (χ4v) is 3.32. The fourth-order valence-electron chi connectivity index (χ4n) is 1.64. The zero-order valence-corrected chi connectivity index (χ0v) is 12.7. The number of aromatic nitrogens is 1. The summed E-state index contributed by atoms with van der Waals surface area (Å²) in [5.74, 6) is 0.397. The Morgan fingerprint density at radius 3 is 2.95 bits per heavy atom. The summed E-state index contributed by atoms with van der Waals surface area (Å²) >= 11 is 3.19. The number of hydrogen-bond acceptors (Lipinski definition) is 4. The van der Waals surface area contributed by atoms with Gasteiger partial charge in [-0.25, -0.2) is 9.37 Å². The maximum absolute atomic E-state index is 13.4. The molecule has 5 heteroatoms. The molecule has 102 valence electrons. The monoisotopic (exact) mass is 296 g/mol. The lowest BCUT2D eigenvalue weighted by Gasteiger charge is -2.11. The number of rotatable bonds is 6. The van der Waals surface area contributed by atoms with Crippen LogP contribution in [-0.2, 0) is 6.54 Å². The second-order valence-electron chi connectivity index (χ2n) is 4.68. The van der Waals surface area contributed by atoms with E-state index in [0.717, 1.165) is 21.3 Å². The summed E-state index contributed by atoms with van der Waals surface area (Å²) in [5, 5.41) is 5.30. The average Bonchev–Trinajstić information content (AvgIpc) is 2.85. The van der Waals surface area contributed by atoms with Crippen LogP contribution in [-0.4, -0.2) is 11.5 Å². The van der Waals surface area contributed by atoms with E-state index in [1.807, 2.05) is 11.4 Å². The average molecular weight is 296 g/mol.